The third-order valence-corrected chi connectivity index (χ3v) is 20.9. The molecule has 0 aromatic carbocycles. The van der Waals surface area contributed by atoms with Crippen molar-refractivity contribution in [3.8, 4) is 12.3 Å². The molecule has 0 heterocycles. The summed E-state index contributed by atoms with van der Waals surface area (Å²) in [6, 6.07) is 0. The summed E-state index contributed by atoms with van der Waals surface area (Å²) in [5, 5.41) is 19.3. The third kappa shape index (κ3) is 10.1. The number of aliphatic hydroxyl groups excluding tert-OH is 2. The van der Waals surface area contributed by atoms with Crippen molar-refractivity contribution in [2.45, 2.75) is 89.9 Å². The number of rotatable bonds is 16. The van der Waals surface area contributed by atoms with Gasteiger partial charge in [0.05, 0.1) is 0 Å². The summed E-state index contributed by atoms with van der Waals surface area (Å²) in [6.07, 6.45) is 19.2. The van der Waals surface area contributed by atoms with E-state index in [4.69, 9.17) is 6.42 Å². The Balaban J connectivity index is 4.98. The molecule has 0 spiro atoms. The summed E-state index contributed by atoms with van der Waals surface area (Å²) < 4.78 is 5.87. The molecule has 0 fully saturated rings. The van der Waals surface area contributed by atoms with E-state index in [1.54, 1.807) is 0 Å². The molecule has 146 valence electrons. The Morgan fingerprint density at radius 1 is 0.880 bits per heavy atom. The van der Waals surface area contributed by atoms with Crippen LogP contribution < -0.4 is 0 Å². The van der Waals surface area contributed by atoms with E-state index < -0.39 is 23.8 Å². The van der Waals surface area contributed by atoms with Crippen LogP contribution in [0.4, 0.5) is 0 Å². The SMILES string of the molecule is C#CCC(CO)(CO)C/C=C/[CH2][Sn]([CH2]CCC)([CH2]CCC)[CH2]CCC. The van der Waals surface area contributed by atoms with Crippen LogP contribution in [-0.2, 0) is 0 Å². The maximum absolute atomic E-state index is 9.64. The number of allylic oxidation sites excluding steroid dienone is 2. The van der Waals surface area contributed by atoms with E-state index in [-0.39, 0.29) is 13.2 Å². The Hall–Kier alpha value is 0.0187. The van der Waals surface area contributed by atoms with Crippen molar-refractivity contribution in [2.24, 2.45) is 5.41 Å². The topological polar surface area (TPSA) is 40.5 Å². The monoisotopic (exact) mass is 458 g/mol. The van der Waals surface area contributed by atoms with E-state index in [0.29, 0.717) is 12.8 Å². The van der Waals surface area contributed by atoms with Gasteiger partial charge in [-0.25, -0.2) is 0 Å². The molecule has 0 aliphatic heterocycles. The maximum atomic E-state index is 9.64. The van der Waals surface area contributed by atoms with Gasteiger partial charge in [-0.3, -0.25) is 0 Å². The summed E-state index contributed by atoms with van der Waals surface area (Å²) in [5.41, 5.74) is -0.542. The molecule has 0 radical (unpaired) electrons. The number of terminal acetylenes is 1. The minimum absolute atomic E-state index is 0.0477. The van der Waals surface area contributed by atoms with E-state index >= 15 is 0 Å². The molecule has 0 saturated carbocycles. The van der Waals surface area contributed by atoms with Crippen LogP contribution in [0.1, 0.15) is 72.1 Å². The predicted molar refractivity (Wildman–Crippen MR) is 114 cm³/mol. The summed E-state index contributed by atoms with van der Waals surface area (Å²) in [7, 11) is 0. The summed E-state index contributed by atoms with van der Waals surface area (Å²) >= 11 is -2.10. The van der Waals surface area contributed by atoms with Gasteiger partial charge in [0.1, 0.15) is 0 Å². The van der Waals surface area contributed by atoms with Crippen LogP contribution in [-0.4, -0.2) is 41.8 Å². The van der Waals surface area contributed by atoms with Crippen molar-refractivity contribution < 1.29 is 10.2 Å². The number of hydrogen-bond acceptors (Lipinski definition) is 2. The van der Waals surface area contributed by atoms with Gasteiger partial charge in [-0.1, -0.05) is 0 Å². The minimum atomic E-state index is -2.10. The van der Waals surface area contributed by atoms with E-state index in [1.165, 1.54) is 56.3 Å². The zero-order valence-electron chi connectivity index (χ0n) is 17.0. The Morgan fingerprint density at radius 3 is 1.72 bits per heavy atom. The molecule has 0 saturated heterocycles. The normalized spacial score (nSPS) is 12.6. The molecule has 2 N–H and O–H groups in total. The fourth-order valence-corrected chi connectivity index (χ4v) is 18.8. The van der Waals surface area contributed by atoms with Gasteiger partial charge in [-0.15, -0.1) is 0 Å². The van der Waals surface area contributed by atoms with Crippen LogP contribution in [0.25, 0.3) is 0 Å². The molecule has 0 unspecified atom stereocenters. The molecule has 0 atom stereocenters. The van der Waals surface area contributed by atoms with E-state index in [0.717, 1.165) is 0 Å². The van der Waals surface area contributed by atoms with Gasteiger partial charge in [0.15, 0.2) is 0 Å². The molecule has 0 aromatic rings. The van der Waals surface area contributed by atoms with Crippen molar-refractivity contribution >= 4 is 18.4 Å². The molecule has 0 bridgehead atoms. The van der Waals surface area contributed by atoms with E-state index in [9.17, 15) is 10.2 Å². The van der Waals surface area contributed by atoms with Crippen LogP contribution >= 0.6 is 0 Å². The molecule has 0 amide bonds. The summed E-state index contributed by atoms with van der Waals surface area (Å²) in [4.78, 5) is 0. The molecule has 25 heavy (non-hydrogen) atoms. The second-order valence-corrected chi connectivity index (χ2v) is 21.9. The Bertz CT molecular complexity index is 358. The molecular formula is C22H42O2Sn. The molecule has 0 aliphatic carbocycles. The number of unbranched alkanes of at least 4 members (excludes halogenated alkanes) is 3. The van der Waals surface area contributed by atoms with Crippen LogP contribution in [0.3, 0.4) is 0 Å². The first-order valence-electron chi connectivity index (χ1n) is 10.4. The molecular weight excluding hydrogens is 415 g/mol. The van der Waals surface area contributed by atoms with Crippen LogP contribution in [0.2, 0.25) is 17.7 Å². The van der Waals surface area contributed by atoms with Gasteiger partial charge in [0.2, 0.25) is 0 Å². The Labute approximate surface area is 161 Å². The molecule has 0 aromatic heterocycles. The van der Waals surface area contributed by atoms with Crippen molar-refractivity contribution in [1.29, 1.82) is 0 Å². The molecule has 2 nitrogen and oxygen atoms in total. The quantitative estimate of drug-likeness (QED) is 0.175. The van der Waals surface area contributed by atoms with Crippen LogP contribution in [0, 0.1) is 17.8 Å². The number of aliphatic hydroxyl groups is 2. The van der Waals surface area contributed by atoms with Gasteiger partial charge in [0, 0.05) is 0 Å². The average molecular weight is 457 g/mol. The fraction of sp³-hybridized carbons (Fsp3) is 0.818. The summed E-state index contributed by atoms with van der Waals surface area (Å²) in [6.45, 7) is 6.83. The first kappa shape index (κ1) is 25.0. The van der Waals surface area contributed by atoms with Crippen LogP contribution in [0.15, 0.2) is 12.2 Å². The van der Waals surface area contributed by atoms with E-state index in [1.807, 2.05) is 0 Å². The average Bonchev–Trinajstić information content (AvgIpc) is 2.65. The van der Waals surface area contributed by atoms with Gasteiger partial charge in [-0.05, 0) is 0 Å². The third-order valence-electron chi connectivity index (χ3n) is 5.60. The first-order chi connectivity index (χ1) is 12.1. The number of hydrogen-bond donors (Lipinski definition) is 2. The Kier molecular flexibility index (Phi) is 15.1. The van der Waals surface area contributed by atoms with Gasteiger partial charge >= 0.3 is 162 Å². The standard InChI is InChI=1S/C10H15O2.3C4H9.Sn/c1-3-5-7-10(8-11,9-12)6-4-2;3*1-3-4-2;/h2-3,5,11-12H,1,6-9H2;3*1,3-4H2,2H3;/b5-3+;;;;. The zero-order valence-corrected chi connectivity index (χ0v) is 19.9. The van der Waals surface area contributed by atoms with Gasteiger partial charge in [-0.2, -0.15) is 0 Å². The van der Waals surface area contributed by atoms with Gasteiger partial charge in [0.25, 0.3) is 0 Å². The van der Waals surface area contributed by atoms with Crippen molar-refractivity contribution in [3.63, 3.8) is 0 Å². The first-order valence-corrected chi connectivity index (χ1v) is 18.4. The van der Waals surface area contributed by atoms with Crippen molar-refractivity contribution in [3.05, 3.63) is 12.2 Å². The van der Waals surface area contributed by atoms with Crippen molar-refractivity contribution in [2.75, 3.05) is 13.2 Å². The fourth-order valence-electron chi connectivity index (χ4n) is 3.58. The van der Waals surface area contributed by atoms with Gasteiger partial charge < -0.3 is 0 Å². The van der Waals surface area contributed by atoms with Crippen molar-refractivity contribution in [1.82, 2.24) is 0 Å². The predicted octanol–water partition coefficient (Wildman–Crippen LogP) is 5.78. The molecule has 3 heteroatoms. The second kappa shape index (κ2) is 15.1. The second-order valence-electron chi connectivity index (χ2n) is 7.89. The van der Waals surface area contributed by atoms with Crippen LogP contribution in [0.5, 0.6) is 0 Å². The summed E-state index contributed by atoms with van der Waals surface area (Å²) in [5.74, 6) is 2.61. The molecule has 0 rings (SSSR count). The zero-order chi connectivity index (χ0) is 19.0. The molecule has 0 aliphatic rings. The van der Waals surface area contributed by atoms with E-state index in [2.05, 4.69) is 38.8 Å². The Morgan fingerprint density at radius 2 is 1.36 bits per heavy atom.